The van der Waals surface area contributed by atoms with Crippen molar-refractivity contribution in [2.75, 3.05) is 11.4 Å². The van der Waals surface area contributed by atoms with Gasteiger partial charge in [0, 0.05) is 24.3 Å². The molecule has 2 nitrogen and oxygen atoms in total. The number of hydrogen-bond acceptors (Lipinski definition) is 2. The lowest BCUT2D eigenvalue weighted by atomic mass is 10.00. The third-order valence-electron chi connectivity index (χ3n) is 3.66. The van der Waals surface area contributed by atoms with Crippen molar-refractivity contribution in [1.29, 1.82) is 0 Å². The standard InChI is InChI=1S/C16H25F3N2/c1-5-13(20)9-12-7-8-15(21(6-2)11(3)4)14(10-12)16(17,18)19/h7-8,10-11,13H,5-6,9,20H2,1-4H3. The summed E-state index contributed by atoms with van der Waals surface area (Å²) < 4.78 is 40.0. The normalized spacial score (nSPS) is 13.6. The minimum absolute atomic E-state index is 0.0137. The average Bonchev–Trinajstić information content (AvgIpc) is 2.39. The first-order valence-electron chi connectivity index (χ1n) is 7.43. The van der Waals surface area contributed by atoms with Gasteiger partial charge in [0.05, 0.1) is 5.56 Å². The quantitative estimate of drug-likeness (QED) is 0.852. The van der Waals surface area contributed by atoms with Crippen molar-refractivity contribution in [3.63, 3.8) is 0 Å². The molecule has 0 spiro atoms. The smallest absolute Gasteiger partial charge is 0.369 e. The van der Waals surface area contributed by atoms with E-state index in [-0.39, 0.29) is 17.8 Å². The molecular formula is C16H25F3N2. The Hall–Kier alpha value is -1.23. The lowest BCUT2D eigenvalue weighted by Gasteiger charge is -2.30. The fourth-order valence-electron chi connectivity index (χ4n) is 2.45. The zero-order valence-electron chi connectivity index (χ0n) is 13.2. The SMILES string of the molecule is CCC(N)Cc1ccc(N(CC)C(C)C)c(C(F)(F)F)c1. The van der Waals surface area contributed by atoms with E-state index in [1.807, 2.05) is 27.7 Å². The second-order valence-electron chi connectivity index (χ2n) is 5.60. The lowest BCUT2D eigenvalue weighted by Crippen LogP contribution is -2.32. The van der Waals surface area contributed by atoms with Gasteiger partial charge < -0.3 is 10.6 Å². The molecule has 0 saturated carbocycles. The summed E-state index contributed by atoms with van der Waals surface area (Å²) in [7, 11) is 0. The van der Waals surface area contributed by atoms with Crippen LogP contribution in [0.25, 0.3) is 0 Å². The van der Waals surface area contributed by atoms with Gasteiger partial charge in [-0.3, -0.25) is 0 Å². The molecule has 1 rings (SSSR count). The molecule has 1 aromatic carbocycles. The van der Waals surface area contributed by atoms with Crippen LogP contribution in [0.3, 0.4) is 0 Å². The van der Waals surface area contributed by atoms with Crippen LogP contribution in [-0.4, -0.2) is 18.6 Å². The molecule has 0 saturated heterocycles. The third-order valence-corrected chi connectivity index (χ3v) is 3.66. The van der Waals surface area contributed by atoms with Crippen LogP contribution in [0.4, 0.5) is 18.9 Å². The van der Waals surface area contributed by atoms with Crippen LogP contribution in [0.2, 0.25) is 0 Å². The van der Waals surface area contributed by atoms with E-state index in [1.165, 1.54) is 6.07 Å². The summed E-state index contributed by atoms with van der Waals surface area (Å²) in [5.74, 6) is 0. The number of nitrogens with two attached hydrogens (primary N) is 1. The highest BCUT2D eigenvalue weighted by molar-refractivity contribution is 5.57. The van der Waals surface area contributed by atoms with Crippen molar-refractivity contribution >= 4 is 5.69 Å². The highest BCUT2D eigenvalue weighted by atomic mass is 19.4. The molecule has 0 heterocycles. The van der Waals surface area contributed by atoms with Crippen molar-refractivity contribution in [2.24, 2.45) is 5.73 Å². The first-order chi connectivity index (χ1) is 9.70. The second kappa shape index (κ2) is 7.16. The van der Waals surface area contributed by atoms with Crippen molar-refractivity contribution in [3.05, 3.63) is 29.3 Å². The fraction of sp³-hybridized carbons (Fsp3) is 0.625. The summed E-state index contributed by atoms with van der Waals surface area (Å²) in [6.45, 7) is 8.12. The van der Waals surface area contributed by atoms with Crippen LogP contribution in [0.5, 0.6) is 0 Å². The van der Waals surface area contributed by atoms with E-state index in [1.54, 1.807) is 17.0 Å². The number of hydrogen-bond donors (Lipinski definition) is 1. The Morgan fingerprint density at radius 3 is 2.24 bits per heavy atom. The Kier molecular flexibility index (Phi) is 6.08. The minimum atomic E-state index is -4.36. The predicted molar refractivity (Wildman–Crippen MR) is 81.6 cm³/mol. The number of benzene rings is 1. The Balaban J connectivity index is 3.26. The molecule has 0 aromatic heterocycles. The summed E-state index contributed by atoms with van der Waals surface area (Å²) in [4.78, 5) is 1.76. The molecule has 0 amide bonds. The van der Waals surface area contributed by atoms with Gasteiger partial charge in [0.25, 0.3) is 0 Å². The van der Waals surface area contributed by atoms with Gasteiger partial charge in [0.2, 0.25) is 0 Å². The highest BCUT2D eigenvalue weighted by Crippen LogP contribution is 2.38. The maximum atomic E-state index is 13.3. The molecule has 0 radical (unpaired) electrons. The van der Waals surface area contributed by atoms with Crippen LogP contribution < -0.4 is 10.6 Å². The number of anilines is 1. The first kappa shape index (κ1) is 17.8. The van der Waals surface area contributed by atoms with Gasteiger partial charge in [-0.05, 0) is 51.3 Å². The van der Waals surface area contributed by atoms with E-state index < -0.39 is 11.7 Å². The summed E-state index contributed by atoms with van der Waals surface area (Å²) in [5, 5.41) is 0. The van der Waals surface area contributed by atoms with Gasteiger partial charge in [0.1, 0.15) is 0 Å². The molecule has 1 aromatic rings. The van der Waals surface area contributed by atoms with Gasteiger partial charge in [-0.2, -0.15) is 13.2 Å². The van der Waals surface area contributed by atoms with E-state index in [0.717, 1.165) is 6.42 Å². The van der Waals surface area contributed by atoms with Gasteiger partial charge in [-0.25, -0.2) is 0 Å². The Bertz CT molecular complexity index is 455. The number of halogens is 3. The monoisotopic (exact) mass is 302 g/mol. The van der Waals surface area contributed by atoms with E-state index in [0.29, 0.717) is 18.5 Å². The maximum absolute atomic E-state index is 13.3. The maximum Gasteiger partial charge on any atom is 0.418 e. The number of rotatable bonds is 6. The molecule has 0 bridgehead atoms. The van der Waals surface area contributed by atoms with Gasteiger partial charge in [-0.1, -0.05) is 13.0 Å². The molecule has 5 heteroatoms. The van der Waals surface area contributed by atoms with Crippen LogP contribution >= 0.6 is 0 Å². The molecule has 1 atom stereocenters. The Labute approximate surface area is 125 Å². The van der Waals surface area contributed by atoms with Crippen molar-refractivity contribution in [1.82, 2.24) is 0 Å². The summed E-state index contributed by atoms with van der Waals surface area (Å²) >= 11 is 0. The van der Waals surface area contributed by atoms with E-state index in [9.17, 15) is 13.2 Å². The van der Waals surface area contributed by atoms with Crippen molar-refractivity contribution in [3.8, 4) is 0 Å². The Morgan fingerprint density at radius 2 is 1.81 bits per heavy atom. The van der Waals surface area contributed by atoms with Crippen LogP contribution in [-0.2, 0) is 12.6 Å². The topological polar surface area (TPSA) is 29.3 Å². The fourth-order valence-corrected chi connectivity index (χ4v) is 2.45. The van der Waals surface area contributed by atoms with Gasteiger partial charge in [0.15, 0.2) is 0 Å². The van der Waals surface area contributed by atoms with E-state index in [2.05, 4.69) is 0 Å². The first-order valence-corrected chi connectivity index (χ1v) is 7.43. The van der Waals surface area contributed by atoms with E-state index in [4.69, 9.17) is 5.73 Å². The van der Waals surface area contributed by atoms with Crippen LogP contribution in [0, 0.1) is 0 Å². The number of nitrogens with zero attached hydrogens (tertiary/aromatic N) is 1. The van der Waals surface area contributed by atoms with Gasteiger partial charge >= 0.3 is 6.18 Å². The summed E-state index contributed by atoms with van der Waals surface area (Å²) in [6, 6.07) is 4.48. The Morgan fingerprint density at radius 1 is 1.19 bits per heavy atom. The second-order valence-corrected chi connectivity index (χ2v) is 5.60. The molecule has 2 N–H and O–H groups in total. The third kappa shape index (κ3) is 4.63. The molecule has 0 fully saturated rings. The molecule has 0 aliphatic rings. The van der Waals surface area contributed by atoms with Crippen molar-refractivity contribution in [2.45, 2.75) is 58.8 Å². The summed E-state index contributed by atoms with van der Waals surface area (Å²) in [5.41, 5.74) is 6.16. The largest absolute Gasteiger partial charge is 0.418 e. The van der Waals surface area contributed by atoms with Gasteiger partial charge in [-0.15, -0.1) is 0 Å². The number of alkyl halides is 3. The minimum Gasteiger partial charge on any atom is -0.369 e. The molecule has 0 aliphatic carbocycles. The predicted octanol–water partition coefficient (Wildman–Crippen LogP) is 4.22. The molecule has 0 aliphatic heterocycles. The molecular weight excluding hydrogens is 277 g/mol. The molecule has 120 valence electrons. The molecule has 21 heavy (non-hydrogen) atoms. The highest BCUT2D eigenvalue weighted by Gasteiger charge is 2.35. The van der Waals surface area contributed by atoms with E-state index >= 15 is 0 Å². The lowest BCUT2D eigenvalue weighted by molar-refractivity contribution is -0.137. The zero-order valence-corrected chi connectivity index (χ0v) is 13.2. The van der Waals surface area contributed by atoms with Crippen molar-refractivity contribution < 1.29 is 13.2 Å². The summed E-state index contributed by atoms with van der Waals surface area (Å²) in [6.07, 6.45) is -3.15. The van der Waals surface area contributed by atoms with Crippen LogP contribution in [0.1, 0.15) is 45.2 Å². The van der Waals surface area contributed by atoms with Crippen LogP contribution in [0.15, 0.2) is 18.2 Å². The zero-order chi connectivity index (χ0) is 16.2. The average molecular weight is 302 g/mol. The molecule has 1 unspecified atom stereocenters.